The number of halogens is 1. The first-order chi connectivity index (χ1) is 8.66. The van der Waals surface area contributed by atoms with Crippen molar-refractivity contribution in [1.29, 1.82) is 0 Å². The molecule has 0 aromatic heterocycles. The van der Waals surface area contributed by atoms with Gasteiger partial charge in [0, 0.05) is 12.2 Å². The molecule has 0 aliphatic heterocycles. The largest absolute Gasteiger partial charge is 0.380 e. The van der Waals surface area contributed by atoms with E-state index >= 15 is 0 Å². The van der Waals surface area contributed by atoms with Gasteiger partial charge in [0.1, 0.15) is 5.82 Å². The smallest absolute Gasteiger partial charge is 0.250 e. The molecule has 0 aliphatic carbocycles. The van der Waals surface area contributed by atoms with Gasteiger partial charge in [-0.15, -0.1) is 0 Å². The summed E-state index contributed by atoms with van der Waals surface area (Å²) in [6.45, 7) is 0.433. The number of amides is 1. The lowest BCUT2D eigenvalue weighted by Crippen LogP contribution is -2.14. The van der Waals surface area contributed by atoms with E-state index in [1.807, 2.05) is 6.07 Å². The summed E-state index contributed by atoms with van der Waals surface area (Å²) in [6.07, 6.45) is 0. The van der Waals surface area contributed by atoms with Gasteiger partial charge in [0.2, 0.25) is 0 Å². The highest BCUT2D eigenvalue weighted by molar-refractivity contribution is 5.98. The summed E-state index contributed by atoms with van der Waals surface area (Å²) in [7, 11) is 0. The Labute approximate surface area is 104 Å². The number of hydrogen-bond donors (Lipinski definition) is 2. The second-order valence-electron chi connectivity index (χ2n) is 3.89. The lowest BCUT2D eigenvalue weighted by molar-refractivity contribution is 0.100. The molecule has 0 heterocycles. The third kappa shape index (κ3) is 2.85. The van der Waals surface area contributed by atoms with Crippen molar-refractivity contribution in [3.63, 3.8) is 0 Å². The topological polar surface area (TPSA) is 55.1 Å². The van der Waals surface area contributed by atoms with Crippen molar-refractivity contribution in [3.05, 3.63) is 65.5 Å². The van der Waals surface area contributed by atoms with E-state index in [9.17, 15) is 9.18 Å². The number of benzene rings is 2. The summed E-state index contributed by atoms with van der Waals surface area (Å²) in [4.78, 5) is 11.2. The minimum absolute atomic E-state index is 0.280. The van der Waals surface area contributed by atoms with Crippen LogP contribution < -0.4 is 11.1 Å². The molecule has 3 N–H and O–H groups in total. The summed E-state index contributed by atoms with van der Waals surface area (Å²) < 4.78 is 13.0. The molecule has 0 spiro atoms. The van der Waals surface area contributed by atoms with Gasteiger partial charge in [0.15, 0.2) is 0 Å². The first kappa shape index (κ1) is 12.1. The van der Waals surface area contributed by atoms with Crippen LogP contribution in [0.4, 0.5) is 10.1 Å². The zero-order chi connectivity index (χ0) is 13.0. The summed E-state index contributed by atoms with van der Waals surface area (Å²) in [5, 5.41) is 3.07. The molecule has 92 valence electrons. The first-order valence-corrected chi connectivity index (χ1v) is 5.54. The van der Waals surface area contributed by atoms with Crippen LogP contribution in [0.2, 0.25) is 0 Å². The summed E-state index contributed by atoms with van der Waals surface area (Å²) in [6, 6.07) is 13.2. The van der Waals surface area contributed by atoms with Crippen LogP contribution in [-0.4, -0.2) is 5.91 Å². The lowest BCUT2D eigenvalue weighted by Gasteiger charge is -2.09. The van der Waals surface area contributed by atoms with Crippen molar-refractivity contribution in [2.45, 2.75) is 6.54 Å². The molecule has 3 nitrogen and oxygen atoms in total. The molecule has 0 unspecified atom stereocenters. The fourth-order valence-electron chi connectivity index (χ4n) is 1.70. The van der Waals surface area contributed by atoms with Gasteiger partial charge in [-0.2, -0.15) is 0 Å². The van der Waals surface area contributed by atoms with Crippen LogP contribution in [0.15, 0.2) is 48.5 Å². The van der Waals surface area contributed by atoms with Gasteiger partial charge < -0.3 is 11.1 Å². The van der Waals surface area contributed by atoms with Crippen molar-refractivity contribution in [3.8, 4) is 0 Å². The van der Waals surface area contributed by atoms with E-state index in [4.69, 9.17) is 5.73 Å². The highest BCUT2D eigenvalue weighted by atomic mass is 19.1. The fourth-order valence-corrected chi connectivity index (χ4v) is 1.70. The molecule has 0 bridgehead atoms. The maximum atomic E-state index is 13.0. The Morgan fingerprint density at radius 2 is 1.94 bits per heavy atom. The Morgan fingerprint density at radius 1 is 1.17 bits per heavy atom. The molecule has 18 heavy (non-hydrogen) atoms. The molecule has 1 amide bonds. The molecule has 2 aromatic rings. The van der Waals surface area contributed by atoms with Gasteiger partial charge in [-0.25, -0.2) is 4.39 Å². The lowest BCUT2D eigenvalue weighted by atomic mass is 10.1. The maximum Gasteiger partial charge on any atom is 0.250 e. The van der Waals surface area contributed by atoms with Crippen LogP contribution in [0, 0.1) is 5.82 Å². The Balaban J connectivity index is 2.13. The monoisotopic (exact) mass is 244 g/mol. The SMILES string of the molecule is NC(=O)c1ccccc1NCc1cccc(F)c1. The number of para-hydroxylation sites is 1. The van der Waals surface area contributed by atoms with Crippen molar-refractivity contribution in [2.24, 2.45) is 5.73 Å². The Bertz CT molecular complexity index is 569. The van der Waals surface area contributed by atoms with Crippen molar-refractivity contribution in [1.82, 2.24) is 0 Å². The average molecular weight is 244 g/mol. The van der Waals surface area contributed by atoms with Crippen molar-refractivity contribution < 1.29 is 9.18 Å². The molecular formula is C14H13FN2O. The molecule has 2 rings (SSSR count). The minimum Gasteiger partial charge on any atom is -0.380 e. The van der Waals surface area contributed by atoms with E-state index in [1.54, 1.807) is 30.3 Å². The highest BCUT2D eigenvalue weighted by Gasteiger charge is 2.06. The predicted octanol–water partition coefficient (Wildman–Crippen LogP) is 2.54. The Kier molecular flexibility index (Phi) is 3.57. The number of nitrogens with two attached hydrogens (primary N) is 1. The normalized spacial score (nSPS) is 10.1. The van der Waals surface area contributed by atoms with Crippen LogP contribution in [0.1, 0.15) is 15.9 Å². The van der Waals surface area contributed by atoms with E-state index in [2.05, 4.69) is 5.32 Å². The number of nitrogens with one attached hydrogen (secondary N) is 1. The van der Waals surface area contributed by atoms with Gasteiger partial charge in [0.05, 0.1) is 5.56 Å². The molecule has 0 fully saturated rings. The summed E-state index contributed by atoms with van der Waals surface area (Å²) in [5.41, 5.74) is 7.14. The third-order valence-corrected chi connectivity index (χ3v) is 2.56. The van der Waals surface area contributed by atoms with E-state index < -0.39 is 5.91 Å². The molecule has 0 saturated heterocycles. The second kappa shape index (κ2) is 5.31. The fraction of sp³-hybridized carbons (Fsp3) is 0.0714. The van der Waals surface area contributed by atoms with Gasteiger partial charge >= 0.3 is 0 Å². The minimum atomic E-state index is -0.489. The number of rotatable bonds is 4. The number of primary amides is 1. The Hall–Kier alpha value is -2.36. The van der Waals surface area contributed by atoms with Crippen molar-refractivity contribution in [2.75, 3.05) is 5.32 Å². The first-order valence-electron chi connectivity index (χ1n) is 5.54. The Morgan fingerprint density at radius 3 is 2.67 bits per heavy atom. The van der Waals surface area contributed by atoms with Crippen LogP contribution in [0.5, 0.6) is 0 Å². The molecule has 0 saturated carbocycles. The number of carbonyl (C=O) groups excluding carboxylic acids is 1. The van der Waals surface area contributed by atoms with Gasteiger partial charge in [-0.1, -0.05) is 24.3 Å². The van der Waals surface area contributed by atoms with Crippen LogP contribution >= 0.6 is 0 Å². The standard InChI is InChI=1S/C14H13FN2O/c15-11-5-3-4-10(8-11)9-17-13-7-2-1-6-12(13)14(16)18/h1-8,17H,9H2,(H2,16,18). The summed E-state index contributed by atoms with van der Waals surface area (Å²) >= 11 is 0. The van der Waals surface area contributed by atoms with Gasteiger partial charge in [0.25, 0.3) is 5.91 Å². The quantitative estimate of drug-likeness (QED) is 0.868. The predicted molar refractivity (Wildman–Crippen MR) is 68.7 cm³/mol. The molecule has 2 aromatic carbocycles. The van der Waals surface area contributed by atoms with Crippen molar-refractivity contribution >= 4 is 11.6 Å². The zero-order valence-electron chi connectivity index (χ0n) is 9.69. The average Bonchev–Trinajstić information content (AvgIpc) is 2.37. The van der Waals surface area contributed by atoms with Crippen LogP contribution in [0.3, 0.4) is 0 Å². The van der Waals surface area contributed by atoms with E-state index in [1.165, 1.54) is 12.1 Å². The molecule has 4 heteroatoms. The molecule has 0 aliphatic rings. The number of carbonyl (C=O) groups is 1. The second-order valence-corrected chi connectivity index (χ2v) is 3.89. The molecular weight excluding hydrogens is 231 g/mol. The number of hydrogen-bond acceptors (Lipinski definition) is 2. The maximum absolute atomic E-state index is 13.0. The van der Waals surface area contributed by atoms with Crippen LogP contribution in [-0.2, 0) is 6.54 Å². The third-order valence-electron chi connectivity index (χ3n) is 2.56. The van der Waals surface area contributed by atoms with E-state index in [-0.39, 0.29) is 5.82 Å². The zero-order valence-corrected chi connectivity index (χ0v) is 9.69. The highest BCUT2D eigenvalue weighted by Crippen LogP contribution is 2.15. The number of anilines is 1. The van der Waals surface area contributed by atoms with Gasteiger partial charge in [-0.05, 0) is 29.8 Å². The van der Waals surface area contributed by atoms with E-state index in [0.717, 1.165) is 5.56 Å². The molecule has 0 atom stereocenters. The van der Waals surface area contributed by atoms with Gasteiger partial charge in [-0.3, -0.25) is 4.79 Å². The molecule has 0 radical (unpaired) electrons. The summed E-state index contributed by atoms with van der Waals surface area (Å²) in [5.74, 6) is -0.769. The van der Waals surface area contributed by atoms with E-state index in [0.29, 0.717) is 17.8 Å². The van der Waals surface area contributed by atoms with Crippen LogP contribution in [0.25, 0.3) is 0 Å².